The molecule has 7 nitrogen and oxygen atoms in total. The van der Waals surface area contributed by atoms with Crippen LogP contribution in [0.4, 0.5) is 5.82 Å². The van der Waals surface area contributed by atoms with Crippen LogP contribution < -0.4 is 11.4 Å². The van der Waals surface area contributed by atoms with Crippen molar-refractivity contribution in [3.63, 3.8) is 0 Å². The maximum absolute atomic E-state index is 11.0. The zero-order chi connectivity index (χ0) is 8.72. The van der Waals surface area contributed by atoms with Crippen LogP contribution in [0.15, 0.2) is 4.79 Å². The molecule has 2 aromatic rings. The Morgan fingerprint density at radius 2 is 2.23 bits per heavy atom. The van der Waals surface area contributed by atoms with E-state index >= 15 is 0 Å². The fourth-order valence-electron chi connectivity index (χ4n) is 0.928. The Morgan fingerprint density at radius 1 is 1.54 bits per heavy atom. The monoisotopic (exact) mass is 202 g/mol. The van der Waals surface area contributed by atoms with Crippen molar-refractivity contribution in [3.8, 4) is 0 Å². The SMILES string of the molecule is Cc1nc2c(N)n[nH]c(=O)n2n1.Cl. The minimum absolute atomic E-state index is 0. The average Bonchev–Trinajstić information content (AvgIpc) is 2.41. The number of hydrogen-bond donors (Lipinski definition) is 2. The summed E-state index contributed by atoms with van der Waals surface area (Å²) in [4.78, 5) is 14.9. The van der Waals surface area contributed by atoms with Gasteiger partial charge in [0.15, 0.2) is 5.82 Å². The predicted molar refractivity (Wildman–Crippen MR) is 47.8 cm³/mol. The Balaban J connectivity index is 0.000000845. The third-order valence-corrected chi connectivity index (χ3v) is 1.41. The Labute approximate surface area is 78.4 Å². The van der Waals surface area contributed by atoms with Crippen LogP contribution in [0, 0.1) is 6.92 Å². The summed E-state index contributed by atoms with van der Waals surface area (Å²) in [6.07, 6.45) is 0. The third kappa shape index (κ3) is 1.33. The first-order valence-corrected chi connectivity index (χ1v) is 3.26. The van der Waals surface area contributed by atoms with Gasteiger partial charge < -0.3 is 5.73 Å². The van der Waals surface area contributed by atoms with Crippen LogP contribution in [-0.4, -0.2) is 24.8 Å². The van der Waals surface area contributed by atoms with Crippen molar-refractivity contribution in [2.45, 2.75) is 6.92 Å². The Morgan fingerprint density at radius 3 is 2.85 bits per heavy atom. The molecule has 0 saturated carbocycles. The van der Waals surface area contributed by atoms with E-state index in [-0.39, 0.29) is 23.9 Å². The summed E-state index contributed by atoms with van der Waals surface area (Å²) in [6.45, 7) is 1.67. The molecular formula is C5H7ClN6O. The van der Waals surface area contributed by atoms with E-state index in [1.54, 1.807) is 6.92 Å². The van der Waals surface area contributed by atoms with Gasteiger partial charge in [-0.25, -0.2) is 14.9 Å². The van der Waals surface area contributed by atoms with Gasteiger partial charge in [0.05, 0.1) is 0 Å². The van der Waals surface area contributed by atoms with Crippen LogP contribution in [0.5, 0.6) is 0 Å². The van der Waals surface area contributed by atoms with Crippen molar-refractivity contribution in [3.05, 3.63) is 16.3 Å². The second kappa shape index (κ2) is 3.02. The molecule has 0 fully saturated rings. The van der Waals surface area contributed by atoms with Crippen molar-refractivity contribution in [2.75, 3.05) is 5.73 Å². The van der Waals surface area contributed by atoms with Gasteiger partial charge in [-0.2, -0.15) is 4.52 Å². The molecule has 2 heterocycles. The number of hydrogen-bond acceptors (Lipinski definition) is 5. The molecule has 13 heavy (non-hydrogen) atoms. The fraction of sp³-hybridized carbons (Fsp3) is 0.200. The maximum Gasteiger partial charge on any atom is 0.364 e. The van der Waals surface area contributed by atoms with Crippen molar-refractivity contribution >= 4 is 23.9 Å². The summed E-state index contributed by atoms with van der Waals surface area (Å²) in [5.74, 6) is 0.649. The summed E-state index contributed by atoms with van der Waals surface area (Å²) in [7, 11) is 0. The van der Waals surface area contributed by atoms with Gasteiger partial charge in [0.1, 0.15) is 5.82 Å². The predicted octanol–water partition coefficient (Wildman–Crippen LogP) is -0.875. The number of rotatable bonds is 0. The second-order valence-corrected chi connectivity index (χ2v) is 2.31. The van der Waals surface area contributed by atoms with Gasteiger partial charge in [-0.05, 0) is 6.92 Å². The molecule has 0 amide bonds. The number of aromatic amines is 1. The molecule has 3 N–H and O–H groups in total. The normalized spacial score (nSPS) is 9.92. The van der Waals surface area contributed by atoms with Gasteiger partial charge in [-0.15, -0.1) is 22.6 Å². The lowest BCUT2D eigenvalue weighted by molar-refractivity contribution is 0.806. The number of aromatic nitrogens is 5. The molecule has 0 unspecified atom stereocenters. The van der Waals surface area contributed by atoms with E-state index in [0.29, 0.717) is 5.82 Å². The first kappa shape index (κ1) is 9.46. The molecule has 0 aromatic carbocycles. The number of nitrogens with one attached hydrogen (secondary N) is 1. The van der Waals surface area contributed by atoms with Crippen LogP contribution in [-0.2, 0) is 0 Å². The van der Waals surface area contributed by atoms with E-state index in [4.69, 9.17) is 5.73 Å². The quantitative estimate of drug-likeness (QED) is 0.578. The number of anilines is 1. The van der Waals surface area contributed by atoms with Crippen molar-refractivity contribution in [1.82, 2.24) is 24.8 Å². The van der Waals surface area contributed by atoms with E-state index < -0.39 is 5.69 Å². The highest BCUT2D eigenvalue weighted by Gasteiger charge is 2.06. The largest absolute Gasteiger partial charge is 0.379 e. The number of halogens is 1. The Kier molecular flexibility index (Phi) is 2.20. The Hall–Kier alpha value is -1.63. The molecule has 0 saturated heterocycles. The smallest absolute Gasteiger partial charge is 0.364 e. The van der Waals surface area contributed by atoms with E-state index in [0.717, 1.165) is 4.52 Å². The highest BCUT2D eigenvalue weighted by Crippen LogP contribution is 2.01. The van der Waals surface area contributed by atoms with Crippen molar-refractivity contribution in [1.29, 1.82) is 0 Å². The minimum Gasteiger partial charge on any atom is -0.379 e. The van der Waals surface area contributed by atoms with Gasteiger partial charge in [-0.1, -0.05) is 0 Å². The number of H-pyrrole nitrogens is 1. The average molecular weight is 203 g/mol. The first-order valence-electron chi connectivity index (χ1n) is 3.26. The molecule has 0 bridgehead atoms. The summed E-state index contributed by atoms with van der Waals surface area (Å²) < 4.78 is 1.08. The summed E-state index contributed by atoms with van der Waals surface area (Å²) in [6, 6.07) is 0. The van der Waals surface area contributed by atoms with Gasteiger partial charge in [0.2, 0.25) is 5.65 Å². The Bertz CT molecular complexity index is 487. The topological polar surface area (TPSA) is 102 Å². The number of nitrogens with zero attached hydrogens (tertiary/aromatic N) is 4. The van der Waals surface area contributed by atoms with Crippen LogP contribution in [0.2, 0.25) is 0 Å². The summed E-state index contributed by atoms with van der Waals surface area (Å²) in [5, 5.41) is 9.54. The molecule has 0 atom stereocenters. The zero-order valence-corrected chi connectivity index (χ0v) is 7.50. The molecule has 0 aliphatic rings. The van der Waals surface area contributed by atoms with Crippen molar-refractivity contribution < 1.29 is 0 Å². The van der Waals surface area contributed by atoms with Crippen LogP contribution in [0.25, 0.3) is 5.65 Å². The third-order valence-electron chi connectivity index (χ3n) is 1.41. The second-order valence-electron chi connectivity index (χ2n) is 2.31. The highest BCUT2D eigenvalue weighted by atomic mass is 35.5. The number of nitrogens with two attached hydrogens (primary N) is 1. The highest BCUT2D eigenvalue weighted by molar-refractivity contribution is 5.85. The lowest BCUT2D eigenvalue weighted by Crippen LogP contribution is -2.20. The zero-order valence-electron chi connectivity index (χ0n) is 6.68. The van der Waals surface area contributed by atoms with E-state index in [9.17, 15) is 4.79 Å². The van der Waals surface area contributed by atoms with E-state index in [1.165, 1.54) is 0 Å². The molecule has 70 valence electrons. The first-order chi connectivity index (χ1) is 5.68. The lowest BCUT2D eigenvalue weighted by Gasteiger charge is -1.90. The van der Waals surface area contributed by atoms with Gasteiger partial charge >= 0.3 is 5.69 Å². The minimum atomic E-state index is -0.445. The van der Waals surface area contributed by atoms with Crippen LogP contribution in [0.1, 0.15) is 5.82 Å². The summed E-state index contributed by atoms with van der Waals surface area (Å²) in [5.41, 5.74) is 5.28. The van der Waals surface area contributed by atoms with Crippen molar-refractivity contribution in [2.24, 2.45) is 0 Å². The maximum atomic E-state index is 11.0. The molecule has 2 aromatic heterocycles. The van der Waals surface area contributed by atoms with Gasteiger partial charge in [0, 0.05) is 0 Å². The fourth-order valence-corrected chi connectivity index (χ4v) is 0.928. The van der Waals surface area contributed by atoms with Crippen LogP contribution in [0.3, 0.4) is 0 Å². The van der Waals surface area contributed by atoms with E-state index in [1.807, 2.05) is 0 Å². The molecule has 0 aliphatic heterocycles. The van der Waals surface area contributed by atoms with Crippen LogP contribution >= 0.6 is 12.4 Å². The standard InChI is InChI=1S/C5H6N6O.ClH/c1-2-7-4-3(6)8-9-5(12)11(4)10-2;/h1H3,(H2,6,8)(H,9,12);1H. The number of fused-ring (bicyclic) bond motifs is 1. The summed E-state index contributed by atoms with van der Waals surface area (Å²) >= 11 is 0. The molecule has 8 heteroatoms. The molecule has 0 aliphatic carbocycles. The molecular weight excluding hydrogens is 196 g/mol. The van der Waals surface area contributed by atoms with Gasteiger partial charge in [-0.3, -0.25) is 0 Å². The molecule has 0 spiro atoms. The molecule has 0 radical (unpaired) electrons. The number of nitrogen functional groups attached to an aromatic ring is 1. The van der Waals surface area contributed by atoms with E-state index in [2.05, 4.69) is 20.3 Å². The number of aryl methyl sites for hydroxylation is 1. The lowest BCUT2D eigenvalue weighted by atomic mass is 10.7. The van der Waals surface area contributed by atoms with Gasteiger partial charge in [0.25, 0.3) is 0 Å². The molecule has 2 rings (SSSR count).